The first-order valence-electron chi connectivity index (χ1n) is 6.00. The first-order valence-corrected chi connectivity index (χ1v) is 6.76. The molecule has 0 spiro atoms. The Morgan fingerprint density at radius 3 is 2.16 bits per heavy atom. The van der Waals surface area contributed by atoms with Crippen LogP contribution in [0.2, 0.25) is 10.0 Å². The van der Waals surface area contributed by atoms with Crippen molar-refractivity contribution >= 4 is 34.6 Å². The molecular weight excluding hydrogens is 287 g/mol. The third-order valence-corrected chi connectivity index (χ3v) is 3.90. The summed E-state index contributed by atoms with van der Waals surface area (Å²) in [6.07, 6.45) is 0. The van der Waals surface area contributed by atoms with E-state index < -0.39 is 4.92 Å². The van der Waals surface area contributed by atoms with Gasteiger partial charge < -0.3 is 5.32 Å². The average Bonchev–Trinajstić information content (AvgIpc) is 2.25. The number of halogens is 2. The van der Waals surface area contributed by atoms with Crippen molar-refractivity contribution in [3.8, 4) is 0 Å². The van der Waals surface area contributed by atoms with E-state index in [2.05, 4.69) is 33.0 Å². The number of nitro benzene ring substituents is 1. The number of nitrogens with one attached hydrogen (secondary N) is 1. The molecule has 0 fully saturated rings. The Morgan fingerprint density at radius 1 is 1.32 bits per heavy atom. The zero-order valence-corrected chi connectivity index (χ0v) is 13.0. The van der Waals surface area contributed by atoms with Crippen molar-refractivity contribution in [1.82, 2.24) is 0 Å². The molecule has 0 saturated carbocycles. The van der Waals surface area contributed by atoms with Crippen LogP contribution in [0, 0.1) is 21.4 Å². The lowest BCUT2D eigenvalue weighted by Gasteiger charge is -2.28. The Hall–Kier alpha value is -1.00. The monoisotopic (exact) mass is 304 g/mol. The maximum Gasteiger partial charge on any atom is 0.272 e. The molecule has 4 nitrogen and oxygen atoms in total. The Labute approximate surface area is 123 Å². The summed E-state index contributed by atoms with van der Waals surface area (Å²) in [5.74, 6) is 0.398. The van der Waals surface area contributed by atoms with Crippen molar-refractivity contribution in [3.63, 3.8) is 0 Å². The van der Waals surface area contributed by atoms with Gasteiger partial charge in [-0.25, -0.2) is 0 Å². The number of hydrogen-bond donors (Lipinski definition) is 1. The number of rotatable bonds is 4. The molecule has 0 aliphatic carbocycles. The Morgan fingerprint density at radius 2 is 1.79 bits per heavy atom. The smallest absolute Gasteiger partial charge is 0.272 e. The highest BCUT2D eigenvalue weighted by Gasteiger charge is 2.21. The zero-order valence-electron chi connectivity index (χ0n) is 11.5. The Kier molecular flexibility index (Phi) is 5.04. The third-order valence-electron chi connectivity index (χ3n) is 3.30. The fourth-order valence-corrected chi connectivity index (χ4v) is 2.00. The largest absolute Gasteiger partial charge is 0.382 e. The summed E-state index contributed by atoms with van der Waals surface area (Å²) in [4.78, 5) is 10.2. The first kappa shape index (κ1) is 16.1. The average molecular weight is 305 g/mol. The standard InChI is InChI=1S/C13H18Cl2N2O2/c1-8(13(2,3)4)7-16-12-10(14)5-9(17(18)19)6-11(12)15/h5-6,8,16H,7H2,1-4H3. The molecular formula is C13H18Cl2N2O2. The maximum atomic E-state index is 10.7. The molecule has 0 aromatic heterocycles. The fourth-order valence-electron chi connectivity index (χ4n) is 1.40. The number of anilines is 1. The van der Waals surface area contributed by atoms with Crippen LogP contribution in [0.25, 0.3) is 0 Å². The molecule has 0 saturated heterocycles. The number of hydrogen-bond acceptors (Lipinski definition) is 3. The van der Waals surface area contributed by atoms with Crippen LogP contribution in [0.3, 0.4) is 0 Å². The van der Waals surface area contributed by atoms with Gasteiger partial charge in [-0.3, -0.25) is 10.1 Å². The summed E-state index contributed by atoms with van der Waals surface area (Å²) >= 11 is 12.1. The second kappa shape index (κ2) is 5.97. The predicted molar refractivity (Wildman–Crippen MR) is 80.2 cm³/mol. The SMILES string of the molecule is CC(CNc1c(Cl)cc([N+](=O)[O-])cc1Cl)C(C)(C)C. The van der Waals surface area contributed by atoms with E-state index in [-0.39, 0.29) is 21.1 Å². The summed E-state index contributed by atoms with van der Waals surface area (Å²) in [5.41, 5.74) is 0.599. The molecule has 6 heteroatoms. The molecule has 1 N–H and O–H groups in total. The first-order chi connectivity index (χ1) is 8.62. The second-order valence-corrected chi connectivity index (χ2v) is 6.50. The molecule has 0 heterocycles. The van der Waals surface area contributed by atoms with Crippen molar-refractivity contribution in [1.29, 1.82) is 0 Å². The summed E-state index contributed by atoms with van der Waals surface area (Å²) in [5, 5.41) is 14.4. The number of non-ortho nitro benzene ring substituents is 1. The van der Waals surface area contributed by atoms with E-state index in [4.69, 9.17) is 23.2 Å². The van der Waals surface area contributed by atoms with E-state index in [0.717, 1.165) is 0 Å². The van der Waals surface area contributed by atoms with Crippen LogP contribution in [0.15, 0.2) is 12.1 Å². The van der Waals surface area contributed by atoms with Gasteiger partial charge >= 0.3 is 0 Å². The summed E-state index contributed by atoms with van der Waals surface area (Å²) in [7, 11) is 0. The van der Waals surface area contributed by atoms with Crippen molar-refractivity contribution in [3.05, 3.63) is 32.3 Å². The van der Waals surface area contributed by atoms with Gasteiger partial charge in [0.1, 0.15) is 0 Å². The van der Waals surface area contributed by atoms with Crippen LogP contribution in [-0.2, 0) is 0 Å². The van der Waals surface area contributed by atoms with Gasteiger partial charge in [0.15, 0.2) is 0 Å². The zero-order chi connectivity index (χ0) is 14.8. The summed E-state index contributed by atoms with van der Waals surface area (Å²) in [6.45, 7) is 9.27. The van der Waals surface area contributed by atoms with E-state index in [1.807, 2.05) is 0 Å². The van der Waals surface area contributed by atoms with Crippen molar-refractivity contribution in [2.75, 3.05) is 11.9 Å². The minimum Gasteiger partial charge on any atom is -0.382 e. The molecule has 1 aromatic rings. The molecule has 1 aromatic carbocycles. The molecule has 0 aliphatic rings. The van der Waals surface area contributed by atoms with Gasteiger partial charge in [0.05, 0.1) is 20.7 Å². The molecule has 1 unspecified atom stereocenters. The van der Waals surface area contributed by atoms with Gasteiger partial charge in [-0.1, -0.05) is 50.9 Å². The lowest BCUT2D eigenvalue weighted by atomic mass is 9.82. The molecule has 0 amide bonds. The third kappa shape index (κ3) is 4.25. The van der Waals surface area contributed by atoms with E-state index in [1.165, 1.54) is 12.1 Å². The summed E-state index contributed by atoms with van der Waals surface area (Å²) in [6, 6.07) is 2.61. The van der Waals surface area contributed by atoms with E-state index in [9.17, 15) is 10.1 Å². The minimum absolute atomic E-state index is 0.107. The Bertz CT molecular complexity index is 461. The van der Waals surface area contributed by atoms with Crippen LogP contribution >= 0.6 is 23.2 Å². The van der Waals surface area contributed by atoms with Crippen molar-refractivity contribution < 1.29 is 4.92 Å². The highest BCUT2D eigenvalue weighted by Crippen LogP contribution is 2.35. The highest BCUT2D eigenvalue weighted by atomic mass is 35.5. The topological polar surface area (TPSA) is 55.2 Å². The van der Waals surface area contributed by atoms with E-state index in [1.54, 1.807) is 0 Å². The maximum absolute atomic E-state index is 10.7. The lowest BCUT2D eigenvalue weighted by molar-refractivity contribution is -0.384. The van der Waals surface area contributed by atoms with Gasteiger partial charge in [0, 0.05) is 18.7 Å². The van der Waals surface area contributed by atoms with Crippen molar-refractivity contribution in [2.24, 2.45) is 11.3 Å². The molecule has 1 rings (SSSR count). The van der Waals surface area contributed by atoms with Gasteiger partial charge in [-0.05, 0) is 11.3 Å². The van der Waals surface area contributed by atoms with E-state index in [0.29, 0.717) is 18.2 Å². The van der Waals surface area contributed by atoms with Gasteiger partial charge in [0.2, 0.25) is 0 Å². The molecule has 1 atom stereocenters. The lowest BCUT2D eigenvalue weighted by Crippen LogP contribution is -2.25. The van der Waals surface area contributed by atoms with Gasteiger partial charge in [-0.15, -0.1) is 0 Å². The quantitative estimate of drug-likeness (QED) is 0.629. The van der Waals surface area contributed by atoms with Crippen LogP contribution in [0.5, 0.6) is 0 Å². The molecule has 0 radical (unpaired) electrons. The van der Waals surface area contributed by atoms with Crippen LogP contribution in [-0.4, -0.2) is 11.5 Å². The van der Waals surface area contributed by atoms with Crippen LogP contribution < -0.4 is 5.32 Å². The predicted octanol–water partition coefficient (Wildman–Crippen LogP) is 5.00. The fraction of sp³-hybridized carbons (Fsp3) is 0.538. The molecule has 19 heavy (non-hydrogen) atoms. The Balaban J connectivity index is 2.88. The molecule has 0 aliphatic heterocycles. The molecule has 106 valence electrons. The normalized spacial score (nSPS) is 13.2. The van der Waals surface area contributed by atoms with Gasteiger partial charge in [-0.2, -0.15) is 0 Å². The highest BCUT2D eigenvalue weighted by molar-refractivity contribution is 6.39. The van der Waals surface area contributed by atoms with E-state index >= 15 is 0 Å². The second-order valence-electron chi connectivity index (χ2n) is 5.69. The van der Waals surface area contributed by atoms with Crippen LogP contribution in [0.4, 0.5) is 11.4 Å². The number of nitrogens with zero attached hydrogens (tertiary/aromatic N) is 1. The molecule has 0 bridgehead atoms. The minimum atomic E-state index is -0.515. The van der Waals surface area contributed by atoms with Gasteiger partial charge in [0.25, 0.3) is 5.69 Å². The number of benzene rings is 1. The van der Waals surface area contributed by atoms with Crippen LogP contribution in [0.1, 0.15) is 27.7 Å². The number of nitro groups is 1. The van der Waals surface area contributed by atoms with Crippen molar-refractivity contribution in [2.45, 2.75) is 27.7 Å². The summed E-state index contributed by atoms with van der Waals surface area (Å²) < 4.78 is 0.